The van der Waals surface area contributed by atoms with Gasteiger partial charge in [0, 0.05) is 11.6 Å². The summed E-state index contributed by atoms with van der Waals surface area (Å²) < 4.78 is 17.7. The molecule has 1 aromatic carbocycles. The maximum Gasteiger partial charge on any atom is 0.128 e. The molecule has 0 aliphatic rings. The molecular weight excluding hydrogens is 191 g/mol. The molecule has 1 nitrogen and oxygen atoms in total. The smallest absolute Gasteiger partial charge is 0.128 e. The summed E-state index contributed by atoms with van der Waals surface area (Å²) in [5.74, 6) is 5.67. The predicted octanol–water partition coefficient (Wildman–Crippen LogP) is 2.42. The lowest BCUT2D eigenvalue weighted by Crippen LogP contribution is -1.86. The molecule has 0 atom stereocenters. The van der Waals surface area contributed by atoms with Crippen molar-refractivity contribution in [2.75, 3.05) is 13.0 Å². The molecule has 13 heavy (non-hydrogen) atoms. The van der Waals surface area contributed by atoms with Crippen molar-refractivity contribution in [3.8, 4) is 17.6 Å². The van der Waals surface area contributed by atoms with Crippen LogP contribution in [-0.4, -0.2) is 13.0 Å². The van der Waals surface area contributed by atoms with E-state index in [4.69, 9.17) is 16.3 Å². The summed E-state index contributed by atoms with van der Waals surface area (Å²) in [7, 11) is 1.48. The molecular formula is C10H8ClFO. The summed E-state index contributed by atoms with van der Waals surface area (Å²) in [6.45, 7) is 0. The Hall–Kier alpha value is -1.20. The molecule has 0 aliphatic carbocycles. The summed E-state index contributed by atoms with van der Waals surface area (Å²) in [6, 6.07) is 4.29. The van der Waals surface area contributed by atoms with Crippen molar-refractivity contribution in [3.05, 3.63) is 29.6 Å². The molecule has 0 unspecified atom stereocenters. The minimum Gasteiger partial charge on any atom is -0.497 e. The molecule has 0 N–H and O–H groups in total. The molecule has 0 amide bonds. The van der Waals surface area contributed by atoms with Crippen LogP contribution in [0.5, 0.6) is 5.75 Å². The van der Waals surface area contributed by atoms with E-state index in [0.717, 1.165) is 0 Å². The van der Waals surface area contributed by atoms with E-state index in [9.17, 15) is 4.39 Å². The predicted molar refractivity (Wildman–Crippen MR) is 50.6 cm³/mol. The van der Waals surface area contributed by atoms with Crippen LogP contribution in [0.3, 0.4) is 0 Å². The number of ether oxygens (including phenoxy) is 1. The average Bonchev–Trinajstić information content (AvgIpc) is 2.14. The minimum absolute atomic E-state index is 0.235. The number of methoxy groups -OCH3 is 1. The zero-order valence-electron chi connectivity index (χ0n) is 7.10. The van der Waals surface area contributed by atoms with Crippen LogP contribution >= 0.6 is 11.6 Å². The number of halogens is 2. The second-order valence-electron chi connectivity index (χ2n) is 2.32. The van der Waals surface area contributed by atoms with E-state index in [1.807, 2.05) is 0 Å². The van der Waals surface area contributed by atoms with Gasteiger partial charge in [0.25, 0.3) is 0 Å². The lowest BCUT2D eigenvalue weighted by atomic mass is 10.2. The molecule has 1 rings (SSSR count). The number of alkyl halides is 1. The summed E-state index contributed by atoms with van der Waals surface area (Å²) in [6.07, 6.45) is 0. The van der Waals surface area contributed by atoms with Crippen molar-refractivity contribution < 1.29 is 9.13 Å². The highest BCUT2D eigenvalue weighted by Crippen LogP contribution is 2.14. The van der Waals surface area contributed by atoms with E-state index in [1.54, 1.807) is 6.07 Å². The van der Waals surface area contributed by atoms with Gasteiger partial charge in [0.15, 0.2) is 0 Å². The molecule has 0 aromatic heterocycles. The summed E-state index contributed by atoms with van der Waals surface area (Å²) in [5, 5.41) is 0. The Kier molecular flexibility index (Phi) is 3.60. The minimum atomic E-state index is -0.363. The number of benzene rings is 1. The Morgan fingerprint density at radius 3 is 2.85 bits per heavy atom. The van der Waals surface area contributed by atoms with Gasteiger partial charge in [-0.15, -0.1) is 11.6 Å². The first kappa shape index (κ1) is 9.88. The van der Waals surface area contributed by atoms with Crippen LogP contribution in [0.4, 0.5) is 4.39 Å². The van der Waals surface area contributed by atoms with E-state index >= 15 is 0 Å². The molecule has 3 heteroatoms. The summed E-state index contributed by atoms with van der Waals surface area (Å²) in [4.78, 5) is 0. The van der Waals surface area contributed by atoms with Crippen LogP contribution in [0.15, 0.2) is 18.2 Å². The lowest BCUT2D eigenvalue weighted by molar-refractivity contribution is 0.411. The van der Waals surface area contributed by atoms with Gasteiger partial charge in [-0.3, -0.25) is 0 Å². The van der Waals surface area contributed by atoms with Crippen LogP contribution in [0, 0.1) is 17.7 Å². The number of rotatable bonds is 1. The Bertz CT molecular complexity index is 352. The van der Waals surface area contributed by atoms with Crippen molar-refractivity contribution in [3.63, 3.8) is 0 Å². The summed E-state index contributed by atoms with van der Waals surface area (Å²) >= 11 is 5.37. The second kappa shape index (κ2) is 4.74. The highest BCUT2D eigenvalue weighted by atomic mass is 35.5. The first-order chi connectivity index (χ1) is 6.26. The Morgan fingerprint density at radius 2 is 2.23 bits per heavy atom. The van der Waals surface area contributed by atoms with E-state index in [2.05, 4.69) is 11.8 Å². The van der Waals surface area contributed by atoms with Gasteiger partial charge in [-0.2, -0.15) is 0 Å². The van der Waals surface area contributed by atoms with Gasteiger partial charge in [0.2, 0.25) is 0 Å². The van der Waals surface area contributed by atoms with Crippen LogP contribution in [-0.2, 0) is 0 Å². The largest absolute Gasteiger partial charge is 0.497 e. The van der Waals surface area contributed by atoms with Crippen molar-refractivity contribution in [1.29, 1.82) is 0 Å². The van der Waals surface area contributed by atoms with Crippen LogP contribution in [0.2, 0.25) is 0 Å². The molecule has 0 spiro atoms. The van der Waals surface area contributed by atoms with E-state index in [-0.39, 0.29) is 11.7 Å². The SMILES string of the molecule is COc1cc(F)cc(C#CCCl)c1. The zero-order chi connectivity index (χ0) is 9.68. The van der Waals surface area contributed by atoms with E-state index < -0.39 is 0 Å². The highest BCUT2D eigenvalue weighted by Gasteiger charge is 1.97. The molecule has 0 bridgehead atoms. The first-order valence-electron chi connectivity index (χ1n) is 3.65. The molecule has 68 valence electrons. The third-order valence-electron chi connectivity index (χ3n) is 1.41. The van der Waals surface area contributed by atoms with Crippen LogP contribution < -0.4 is 4.74 Å². The monoisotopic (exact) mass is 198 g/mol. The standard InChI is InChI=1S/C10H8ClFO/c1-13-10-6-8(3-2-4-11)5-9(12)7-10/h5-7H,4H2,1H3. The molecule has 0 saturated carbocycles. The fourth-order valence-corrected chi connectivity index (χ4v) is 0.955. The third kappa shape index (κ3) is 2.96. The zero-order valence-corrected chi connectivity index (χ0v) is 7.86. The fraction of sp³-hybridized carbons (Fsp3) is 0.200. The van der Waals surface area contributed by atoms with Crippen molar-refractivity contribution in [2.24, 2.45) is 0 Å². The van der Waals surface area contributed by atoms with Gasteiger partial charge < -0.3 is 4.74 Å². The Labute approximate surface area is 81.5 Å². The second-order valence-corrected chi connectivity index (χ2v) is 2.58. The topological polar surface area (TPSA) is 9.23 Å². The Balaban J connectivity index is 3.01. The summed E-state index contributed by atoms with van der Waals surface area (Å²) in [5.41, 5.74) is 0.567. The quantitative estimate of drug-likeness (QED) is 0.498. The van der Waals surface area contributed by atoms with Gasteiger partial charge >= 0.3 is 0 Å². The third-order valence-corrected chi connectivity index (χ3v) is 1.54. The maximum atomic E-state index is 12.9. The molecule has 0 saturated heterocycles. The first-order valence-corrected chi connectivity index (χ1v) is 4.19. The lowest BCUT2D eigenvalue weighted by Gasteiger charge is -1.99. The van der Waals surface area contributed by atoms with E-state index in [0.29, 0.717) is 11.3 Å². The van der Waals surface area contributed by atoms with Gasteiger partial charge in [-0.1, -0.05) is 11.8 Å². The van der Waals surface area contributed by atoms with Crippen molar-refractivity contribution in [2.45, 2.75) is 0 Å². The highest BCUT2D eigenvalue weighted by molar-refractivity contribution is 6.19. The van der Waals surface area contributed by atoms with Gasteiger partial charge in [-0.25, -0.2) is 4.39 Å². The maximum absolute atomic E-state index is 12.9. The molecule has 1 aromatic rings. The molecule has 0 aliphatic heterocycles. The fourth-order valence-electron chi connectivity index (χ4n) is 0.888. The molecule has 0 fully saturated rings. The van der Waals surface area contributed by atoms with Gasteiger partial charge in [0.1, 0.15) is 11.6 Å². The van der Waals surface area contributed by atoms with Crippen molar-refractivity contribution in [1.82, 2.24) is 0 Å². The van der Waals surface area contributed by atoms with Crippen LogP contribution in [0.25, 0.3) is 0 Å². The molecule has 0 heterocycles. The number of hydrogen-bond acceptors (Lipinski definition) is 1. The normalized spacial score (nSPS) is 8.85. The Morgan fingerprint density at radius 1 is 1.46 bits per heavy atom. The number of hydrogen-bond donors (Lipinski definition) is 0. The van der Waals surface area contributed by atoms with Crippen molar-refractivity contribution >= 4 is 11.6 Å². The van der Waals surface area contributed by atoms with Gasteiger partial charge in [0.05, 0.1) is 13.0 Å². The average molecular weight is 199 g/mol. The molecule has 0 radical (unpaired) electrons. The van der Waals surface area contributed by atoms with E-state index in [1.165, 1.54) is 19.2 Å². The van der Waals surface area contributed by atoms with Crippen LogP contribution in [0.1, 0.15) is 5.56 Å². The van der Waals surface area contributed by atoms with Gasteiger partial charge in [-0.05, 0) is 12.1 Å².